The summed E-state index contributed by atoms with van der Waals surface area (Å²) in [7, 11) is 0. The molecule has 0 saturated heterocycles. The van der Waals surface area contributed by atoms with Gasteiger partial charge < -0.3 is 9.84 Å². The Labute approximate surface area is 131 Å². The van der Waals surface area contributed by atoms with Gasteiger partial charge in [-0.05, 0) is 5.56 Å². The first kappa shape index (κ1) is 14.7. The van der Waals surface area contributed by atoms with E-state index in [1.165, 1.54) is 11.7 Å². The maximum absolute atomic E-state index is 11.9. The molecule has 0 spiro atoms. The van der Waals surface area contributed by atoms with E-state index in [9.17, 15) is 9.59 Å². The highest BCUT2D eigenvalue weighted by Gasteiger charge is 2.10. The molecule has 0 aliphatic rings. The Morgan fingerprint density at radius 1 is 1.22 bits per heavy atom. The summed E-state index contributed by atoms with van der Waals surface area (Å²) in [5, 5.41) is 2.56. The molecule has 0 aliphatic carbocycles. The van der Waals surface area contributed by atoms with Gasteiger partial charge in [0.25, 0.3) is 0 Å². The van der Waals surface area contributed by atoms with Gasteiger partial charge in [-0.15, -0.1) is 0 Å². The second kappa shape index (κ2) is 6.27. The second-order valence-corrected chi connectivity index (χ2v) is 4.90. The minimum Gasteiger partial charge on any atom is -0.336 e. The molecule has 1 N–H and O–H groups in total. The van der Waals surface area contributed by atoms with Crippen LogP contribution in [0.3, 0.4) is 0 Å². The summed E-state index contributed by atoms with van der Waals surface area (Å²) in [4.78, 5) is 31.1. The molecule has 23 heavy (non-hydrogen) atoms. The van der Waals surface area contributed by atoms with Crippen LogP contribution in [-0.2, 0) is 11.5 Å². The molecule has 0 unspecified atom stereocenters. The molecule has 3 aromatic rings. The van der Waals surface area contributed by atoms with Gasteiger partial charge in [0, 0.05) is 24.9 Å². The SMILES string of the molecule is CC(=O)NCn1cc(-c2ccc(-c3cnccn3)cc2)c(=O)o1. The molecular formula is C16H14N4O3. The molecule has 116 valence electrons. The van der Waals surface area contributed by atoms with Crippen molar-refractivity contribution >= 4 is 5.91 Å². The molecule has 0 radical (unpaired) electrons. The number of hydrogen-bond acceptors (Lipinski definition) is 5. The molecule has 1 amide bonds. The average molecular weight is 310 g/mol. The molecular weight excluding hydrogens is 296 g/mol. The summed E-state index contributed by atoms with van der Waals surface area (Å²) >= 11 is 0. The number of rotatable bonds is 4. The van der Waals surface area contributed by atoms with Crippen molar-refractivity contribution in [2.24, 2.45) is 0 Å². The van der Waals surface area contributed by atoms with Gasteiger partial charge in [-0.2, -0.15) is 4.74 Å². The van der Waals surface area contributed by atoms with Crippen LogP contribution in [0.15, 0.2) is 58.4 Å². The lowest BCUT2D eigenvalue weighted by Gasteiger charge is -2.01. The highest BCUT2D eigenvalue weighted by Crippen LogP contribution is 2.21. The Morgan fingerprint density at radius 3 is 2.61 bits per heavy atom. The van der Waals surface area contributed by atoms with Gasteiger partial charge in [0.15, 0.2) is 0 Å². The fourth-order valence-electron chi connectivity index (χ4n) is 2.11. The third-order valence-corrected chi connectivity index (χ3v) is 3.23. The van der Waals surface area contributed by atoms with Gasteiger partial charge >= 0.3 is 5.63 Å². The van der Waals surface area contributed by atoms with E-state index in [-0.39, 0.29) is 12.6 Å². The molecule has 2 heterocycles. The summed E-state index contributed by atoms with van der Waals surface area (Å²) in [6.45, 7) is 1.51. The summed E-state index contributed by atoms with van der Waals surface area (Å²) < 4.78 is 6.35. The van der Waals surface area contributed by atoms with Gasteiger partial charge in [0.1, 0.15) is 6.67 Å². The van der Waals surface area contributed by atoms with Crippen molar-refractivity contribution in [1.82, 2.24) is 20.0 Å². The number of hydrogen-bond donors (Lipinski definition) is 1. The minimum absolute atomic E-state index is 0.113. The van der Waals surface area contributed by atoms with Gasteiger partial charge in [-0.25, -0.2) is 4.79 Å². The van der Waals surface area contributed by atoms with E-state index in [4.69, 9.17) is 4.52 Å². The zero-order valence-electron chi connectivity index (χ0n) is 12.4. The van der Waals surface area contributed by atoms with Crippen molar-refractivity contribution in [3.63, 3.8) is 0 Å². The van der Waals surface area contributed by atoms with Crippen molar-refractivity contribution in [3.05, 3.63) is 59.5 Å². The van der Waals surface area contributed by atoms with Crippen LogP contribution in [0.5, 0.6) is 0 Å². The fourth-order valence-corrected chi connectivity index (χ4v) is 2.11. The molecule has 3 rings (SSSR count). The van der Waals surface area contributed by atoms with Crippen LogP contribution in [-0.4, -0.2) is 20.6 Å². The van der Waals surface area contributed by atoms with Gasteiger partial charge in [-0.3, -0.25) is 14.8 Å². The van der Waals surface area contributed by atoms with Gasteiger partial charge in [-0.1, -0.05) is 24.3 Å². The monoisotopic (exact) mass is 310 g/mol. The molecule has 0 atom stereocenters. The van der Waals surface area contributed by atoms with Crippen LogP contribution >= 0.6 is 0 Å². The van der Waals surface area contributed by atoms with Crippen LogP contribution in [0.4, 0.5) is 0 Å². The normalized spacial score (nSPS) is 10.5. The van der Waals surface area contributed by atoms with Crippen LogP contribution in [0, 0.1) is 0 Å². The lowest BCUT2D eigenvalue weighted by molar-refractivity contribution is -0.119. The number of carbonyl (C=O) groups is 1. The third-order valence-electron chi connectivity index (χ3n) is 3.23. The predicted molar refractivity (Wildman–Crippen MR) is 83.2 cm³/mol. The molecule has 1 aromatic carbocycles. The van der Waals surface area contributed by atoms with Crippen molar-refractivity contribution in [2.75, 3.05) is 0 Å². The number of aromatic nitrogens is 3. The summed E-state index contributed by atoms with van der Waals surface area (Å²) in [6, 6.07) is 7.37. The van der Waals surface area contributed by atoms with Crippen LogP contribution in [0.1, 0.15) is 6.92 Å². The van der Waals surface area contributed by atoms with Crippen molar-refractivity contribution in [1.29, 1.82) is 0 Å². The van der Waals surface area contributed by atoms with Crippen molar-refractivity contribution in [3.8, 4) is 22.4 Å². The van der Waals surface area contributed by atoms with Crippen molar-refractivity contribution in [2.45, 2.75) is 13.6 Å². The van der Waals surface area contributed by atoms with E-state index in [0.29, 0.717) is 5.56 Å². The molecule has 2 aromatic heterocycles. The fraction of sp³-hybridized carbons (Fsp3) is 0.125. The number of carbonyl (C=O) groups excluding carboxylic acids is 1. The Kier molecular flexibility index (Phi) is 4.01. The predicted octanol–water partition coefficient (Wildman–Crippen LogP) is 1.66. The number of benzene rings is 1. The number of amides is 1. The molecule has 7 heteroatoms. The lowest BCUT2D eigenvalue weighted by atomic mass is 10.1. The first-order chi connectivity index (χ1) is 11.1. The Morgan fingerprint density at radius 2 is 1.96 bits per heavy atom. The first-order valence-electron chi connectivity index (χ1n) is 6.95. The summed E-state index contributed by atoms with van der Waals surface area (Å²) in [5.74, 6) is -0.198. The van der Waals surface area contributed by atoms with E-state index < -0.39 is 5.63 Å². The zero-order chi connectivity index (χ0) is 16.2. The van der Waals surface area contributed by atoms with E-state index in [1.54, 1.807) is 24.8 Å². The van der Waals surface area contributed by atoms with Crippen LogP contribution in [0.2, 0.25) is 0 Å². The third kappa shape index (κ3) is 3.34. The lowest BCUT2D eigenvalue weighted by Crippen LogP contribution is -2.22. The molecule has 0 aliphatic heterocycles. The standard InChI is InChI=1S/C16H14N4O3/c1-11(21)19-10-20-9-14(16(22)23-20)12-2-4-13(5-3-12)15-8-17-6-7-18-15/h2-9H,10H2,1H3,(H,19,21). The van der Waals surface area contributed by atoms with E-state index in [1.807, 2.05) is 24.3 Å². The van der Waals surface area contributed by atoms with Crippen LogP contribution in [0.25, 0.3) is 22.4 Å². The summed E-state index contributed by atoms with van der Waals surface area (Å²) in [6.07, 6.45) is 6.48. The Balaban J connectivity index is 1.85. The van der Waals surface area contributed by atoms with Crippen LogP contribution < -0.4 is 10.9 Å². The topological polar surface area (TPSA) is 90.0 Å². The largest absolute Gasteiger partial charge is 0.365 e. The molecule has 0 saturated carbocycles. The zero-order valence-corrected chi connectivity index (χ0v) is 12.4. The first-order valence-corrected chi connectivity index (χ1v) is 6.95. The van der Waals surface area contributed by atoms with E-state index in [2.05, 4.69) is 15.3 Å². The van der Waals surface area contributed by atoms with E-state index in [0.717, 1.165) is 16.8 Å². The second-order valence-electron chi connectivity index (χ2n) is 4.90. The maximum Gasteiger partial charge on any atom is 0.365 e. The quantitative estimate of drug-likeness (QED) is 0.791. The smallest absolute Gasteiger partial charge is 0.336 e. The van der Waals surface area contributed by atoms with Gasteiger partial charge in [0.05, 0.1) is 23.7 Å². The Hall–Kier alpha value is -3.22. The average Bonchev–Trinajstić information content (AvgIpc) is 2.95. The minimum atomic E-state index is -0.456. The van der Waals surface area contributed by atoms with E-state index >= 15 is 0 Å². The summed E-state index contributed by atoms with van der Waals surface area (Å²) in [5.41, 5.74) is 2.37. The molecule has 0 fully saturated rings. The van der Waals surface area contributed by atoms with Gasteiger partial charge in [0.2, 0.25) is 5.91 Å². The van der Waals surface area contributed by atoms with Crippen molar-refractivity contribution < 1.29 is 9.32 Å². The maximum atomic E-state index is 11.9. The molecule has 7 nitrogen and oxygen atoms in total. The highest BCUT2D eigenvalue weighted by molar-refractivity contribution is 5.72. The number of nitrogens with one attached hydrogen (secondary N) is 1. The number of nitrogens with zero attached hydrogens (tertiary/aromatic N) is 3. The highest BCUT2D eigenvalue weighted by atomic mass is 16.5. The Bertz CT molecular complexity index is 866. The molecule has 0 bridgehead atoms.